The van der Waals surface area contributed by atoms with Gasteiger partial charge in [0.15, 0.2) is 5.96 Å². The van der Waals surface area contributed by atoms with Gasteiger partial charge in [-0.25, -0.2) is 8.42 Å². The van der Waals surface area contributed by atoms with Gasteiger partial charge < -0.3 is 15.4 Å². The van der Waals surface area contributed by atoms with E-state index < -0.39 is 9.84 Å². The molecule has 0 spiro atoms. The van der Waals surface area contributed by atoms with Crippen LogP contribution in [0.4, 0.5) is 0 Å². The predicted molar refractivity (Wildman–Crippen MR) is 113 cm³/mol. The van der Waals surface area contributed by atoms with Crippen molar-refractivity contribution in [2.24, 2.45) is 10.9 Å². The molecule has 0 aliphatic rings. The maximum atomic E-state index is 11.2. The highest BCUT2D eigenvalue weighted by Crippen LogP contribution is 2.21. The van der Waals surface area contributed by atoms with Crippen LogP contribution in [0.3, 0.4) is 0 Å². The standard InChI is InChI=1S/C20H35N3O3S/c1-16(2)8-6-12-26-19-14-17(3)9-10-18(19)15-23-20(21-4)22-11-7-13-27(5,24)25/h9-10,14,16H,6-8,11-13,15H2,1-5H3,(H2,21,22,23). The molecule has 0 aliphatic heterocycles. The SMILES string of the molecule is CN=C(NCCCS(C)(=O)=O)NCc1ccc(C)cc1OCCCC(C)C. The summed E-state index contributed by atoms with van der Waals surface area (Å²) >= 11 is 0. The predicted octanol–water partition coefficient (Wildman–Crippen LogP) is 2.91. The summed E-state index contributed by atoms with van der Waals surface area (Å²) in [4.78, 5) is 4.18. The van der Waals surface area contributed by atoms with Gasteiger partial charge in [-0.15, -0.1) is 0 Å². The molecule has 6 nitrogen and oxygen atoms in total. The van der Waals surface area contributed by atoms with Gasteiger partial charge in [0.05, 0.1) is 12.4 Å². The van der Waals surface area contributed by atoms with Crippen LogP contribution in [0.25, 0.3) is 0 Å². The molecule has 0 aliphatic carbocycles. The summed E-state index contributed by atoms with van der Waals surface area (Å²) in [7, 11) is -1.23. The highest BCUT2D eigenvalue weighted by atomic mass is 32.2. The molecule has 1 aromatic rings. The molecule has 0 radical (unpaired) electrons. The minimum Gasteiger partial charge on any atom is -0.493 e. The Balaban J connectivity index is 2.53. The van der Waals surface area contributed by atoms with Gasteiger partial charge in [0.2, 0.25) is 0 Å². The van der Waals surface area contributed by atoms with Gasteiger partial charge >= 0.3 is 0 Å². The van der Waals surface area contributed by atoms with E-state index in [1.54, 1.807) is 7.05 Å². The Hall–Kier alpha value is -1.76. The van der Waals surface area contributed by atoms with Crippen molar-refractivity contribution >= 4 is 15.8 Å². The summed E-state index contributed by atoms with van der Waals surface area (Å²) in [5.74, 6) is 2.40. The van der Waals surface area contributed by atoms with Gasteiger partial charge in [0.25, 0.3) is 0 Å². The first-order valence-electron chi connectivity index (χ1n) is 9.56. The number of sulfone groups is 1. The van der Waals surface area contributed by atoms with Crippen LogP contribution in [0.1, 0.15) is 44.2 Å². The Morgan fingerprint density at radius 3 is 2.59 bits per heavy atom. The maximum Gasteiger partial charge on any atom is 0.191 e. The van der Waals surface area contributed by atoms with Crippen molar-refractivity contribution in [1.82, 2.24) is 10.6 Å². The molecule has 154 valence electrons. The van der Waals surface area contributed by atoms with Crippen LogP contribution in [0.15, 0.2) is 23.2 Å². The van der Waals surface area contributed by atoms with E-state index in [4.69, 9.17) is 4.74 Å². The molecule has 2 N–H and O–H groups in total. The second kappa shape index (κ2) is 11.8. The van der Waals surface area contributed by atoms with Gasteiger partial charge in [0, 0.05) is 32.0 Å². The van der Waals surface area contributed by atoms with Crippen molar-refractivity contribution in [2.75, 3.05) is 32.2 Å². The van der Waals surface area contributed by atoms with Crippen molar-refractivity contribution in [3.05, 3.63) is 29.3 Å². The van der Waals surface area contributed by atoms with Crippen LogP contribution >= 0.6 is 0 Å². The summed E-state index contributed by atoms with van der Waals surface area (Å²) < 4.78 is 28.4. The number of ether oxygens (including phenoxy) is 1. The molecular formula is C20H35N3O3S. The normalized spacial score (nSPS) is 12.3. The van der Waals surface area contributed by atoms with Gasteiger partial charge in [-0.1, -0.05) is 26.0 Å². The topological polar surface area (TPSA) is 79.8 Å². The van der Waals surface area contributed by atoms with Crippen LogP contribution in [0, 0.1) is 12.8 Å². The van der Waals surface area contributed by atoms with E-state index >= 15 is 0 Å². The lowest BCUT2D eigenvalue weighted by molar-refractivity contribution is 0.294. The van der Waals surface area contributed by atoms with Crippen LogP contribution < -0.4 is 15.4 Å². The average molecular weight is 398 g/mol. The van der Waals surface area contributed by atoms with Crippen molar-refractivity contribution in [1.29, 1.82) is 0 Å². The fourth-order valence-corrected chi connectivity index (χ4v) is 3.23. The first-order chi connectivity index (χ1) is 12.7. The number of nitrogens with zero attached hydrogens (tertiary/aromatic N) is 1. The first kappa shape index (κ1) is 23.3. The third-order valence-electron chi connectivity index (χ3n) is 4.06. The second-order valence-electron chi connectivity index (χ2n) is 7.33. The van der Waals surface area contributed by atoms with Crippen molar-refractivity contribution < 1.29 is 13.2 Å². The molecule has 1 aromatic carbocycles. The molecular weight excluding hydrogens is 362 g/mol. The lowest BCUT2D eigenvalue weighted by Crippen LogP contribution is -2.37. The lowest BCUT2D eigenvalue weighted by atomic mass is 10.1. The van der Waals surface area contributed by atoms with Crippen LogP contribution in [-0.2, 0) is 16.4 Å². The fourth-order valence-electron chi connectivity index (χ4n) is 2.56. The Labute approximate surface area is 164 Å². The van der Waals surface area contributed by atoms with E-state index in [1.165, 1.54) is 11.8 Å². The zero-order valence-corrected chi connectivity index (χ0v) is 18.2. The summed E-state index contributed by atoms with van der Waals surface area (Å²) in [6.45, 7) is 8.35. The highest BCUT2D eigenvalue weighted by molar-refractivity contribution is 7.90. The number of benzene rings is 1. The molecule has 1 rings (SSSR count). The molecule has 0 bridgehead atoms. The largest absolute Gasteiger partial charge is 0.493 e. The molecule has 0 atom stereocenters. The zero-order chi connectivity index (χ0) is 20.3. The first-order valence-corrected chi connectivity index (χ1v) is 11.6. The Bertz CT molecular complexity index is 700. The Morgan fingerprint density at radius 1 is 1.22 bits per heavy atom. The number of rotatable bonds is 11. The van der Waals surface area contributed by atoms with Crippen molar-refractivity contribution in [3.8, 4) is 5.75 Å². The summed E-state index contributed by atoms with van der Waals surface area (Å²) in [6.07, 6.45) is 4.00. The highest BCUT2D eigenvalue weighted by Gasteiger charge is 2.07. The third-order valence-corrected chi connectivity index (χ3v) is 5.09. The number of hydrogen-bond donors (Lipinski definition) is 2. The van der Waals surface area contributed by atoms with E-state index in [2.05, 4.69) is 54.6 Å². The van der Waals surface area contributed by atoms with Crippen LogP contribution in [0.5, 0.6) is 5.75 Å². The molecule has 0 unspecified atom stereocenters. The number of nitrogens with one attached hydrogen (secondary N) is 2. The van der Waals surface area contributed by atoms with E-state index in [0.717, 1.165) is 24.2 Å². The molecule has 7 heteroatoms. The van der Waals surface area contributed by atoms with Crippen molar-refractivity contribution in [3.63, 3.8) is 0 Å². The maximum absolute atomic E-state index is 11.2. The van der Waals surface area contributed by atoms with Gasteiger partial charge in [-0.3, -0.25) is 4.99 Å². The number of aryl methyl sites for hydroxylation is 1. The number of hydrogen-bond acceptors (Lipinski definition) is 4. The van der Waals surface area contributed by atoms with E-state index in [-0.39, 0.29) is 5.75 Å². The molecule has 0 amide bonds. The second-order valence-corrected chi connectivity index (χ2v) is 9.59. The molecule has 0 heterocycles. The van der Waals surface area contributed by atoms with Crippen LogP contribution in [-0.4, -0.2) is 46.6 Å². The minimum atomic E-state index is -2.93. The molecule has 0 saturated heterocycles. The molecule has 0 saturated carbocycles. The van der Waals surface area contributed by atoms with E-state index in [1.807, 2.05) is 0 Å². The average Bonchev–Trinajstić information content (AvgIpc) is 2.58. The monoisotopic (exact) mass is 397 g/mol. The number of guanidine groups is 1. The molecule has 0 fully saturated rings. The summed E-state index contributed by atoms with van der Waals surface area (Å²) in [5.41, 5.74) is 2.24. The van der Waals surface area contributed by atoms with Gasteiger partial charge in [-0.05, 0) is 43.7 Å². The number of aliphatic imine (C=N–C) groups is 1. The molecule has 0 aromatic heterocycles. The lowest BCUT2D eigenvalue weighted by Gasteiger charge is -2.16. The summed E-state index contributed by atoms with van der Waals surface area (Å²) in [5, 5.41) is 6.40. The van der Waals surface area contributed by atoms with Crippen LogP contribution in [0.2, 0.25) is 0 Å². The minimum absolute atomic E-state index is 0.170. The quantitative estimate of drug-likeness (QED) is 0.341. The molecule has 27 heavy (non-hydrogen) atoms. The fraction of sp³-hybridized carbons (Fsp3) is 0.650. The third kappa shape index (κ3) is 10.9. The Morgan fingerprint density at radius 2 is 1.96 bits per heavy atom. The Kier molecular flexibility index (Phi) is 10.2. The van der Waals surface area contributed by atoms with Gasteiger partial charge in [-0.2, -0.15) is 0 Å². The van der Waals surface area contributed by atoms with Gasteiger partial charge in [0.1, 0.15) is 15.6 Å². The van der Waals surface area contributed by atoms with Crippen molar-refractivity contribution in [2.45, 2.75) is 46.6 Å². The smallest absolute Gasteiger partial charge is 0.191 e. The van der Waals surface area contributed by atoms with E-state index in [9.17, 15) is 8.42 Å². The summed E-state index contributed by atoms with van der Waals surface area (Å²) in [6, 6.07) is 6.20. The van der Waals surface area contributed by atoms with E-state index in [0.29, 0.717) is 38.0 Å². The zero-order valence-electron chi connectivity index (χ0n) is 17.3.